The molecule has 1 fully saturated rings. The number of methoxy groups -OCH3 is 2. The third-order valence-corrected chi connectivity index (χ3v) is 5.61. The molecular weight excluding hydrogens is 424 g/mol. The lowest BCUT2D eigenvalue weighted by Gasteiger charge is -2.26. The van der Waals surface area contributed by atoms with Crippen LogP contribution in [0.4, 0.5) is 5.82 Å². The molecule has 0 saturated carbocycles. The van der Waals surface area contributed by atoms with Crippen LogP contribution in [-0.2, 0) is 25.6 Å². The lowest BCUT2D eigenvalue weighted by molar-refractivity contribution is -0.142. The summed E-state index contributed by atoms with van der Waals surface area (Å²) >= 11 is 0. The van der Waals surface area contributed by atoms with Gasteiger partial charge in [-0.2, -0.15) is 0 Å². The van der Waals surface area contributed by atoms with Gasteiger partial charge < -0.3 is 24.8 Å². The van der Waals surface area contributed by atoms with E-state index in [2.05, 4.69) is 20.5 Å². The zero-order valence-corrected chi connectivity index (χ0v) is 19.4. The molecule has 9 nitrogen and oxygen atoms in total. The Kier molecular flexibility index (Phi) is 9.17. The van der Waals surface area contributed by atoms with Crippen molar-refractivity contribution in [3.05, 3.63) is 53.7 Å². The number of nitrogens with zero attached hydrogens (tertiary/aromatic N) is 2. The molecule has 178 valence electrons. The molecule has 9 heteroatoms. The van der Waals surface area contributed by atoms with Gasteiger partial charge in [-0.3, -0.25) is 14.5 Å². The smallest absolute Gasteiger partial charge is 0.322 e. The Labute approximate surface area is 194 Å². The van der Waals surface area contributed by atoms with Crippen molar-refractivity contribution >= 4 is 17.7 Å². The van der Waals surface area contributed by atoms with E-state index >= 15 is 0 Å². The molecule has 2 unspecified atom stereocenters. The molecule has 1 saturated heterocycles. The molecule has 1 aromatic carbocycles. The first kappa shape index (κ1) is 24.6. The van der Waals surface area contributed by atoms with E-state index in [-0.39, 0.29) is 18.4 Å². The Morgan fingerprint density at radius 3 is 2.45 bits per heavy atom. The van der Waals surface area contributed by atoms with E-state index in [0.29, 0.717) is 11.6 Å². The van der Waals surface area contributed by atoms with Crippen LogP contribution in [0.5, 0.6) is 5.75 Å². The summed E-state index contributed by atoms with van der Waals surface area (Å²) in [6, 6.07) is 10.9. The Balaban J connectivity index is 1.71. The topological polar surface area (TPSA) is 102 Å². The molecule has 2 atom stereocenters. The molecule has 0 aliphatic carbocycles. The first-order chi connectivity index (χ1) is 16.0. The third-order valence-electron chi connectivity index (χ3n) is 5.61. The van der Waals surface area contributed by atoms with E-state index in [1.54, 1.807) is 32.4 Å². The second-order valence-corrected chi connectivity index (χ2v) is 7.91. The summed E-state index contributed by atoms with van der Waals surface area (Å²) in [5, 5.41) is 5.95. The maximum atomic E-state index is 13.2. The number of morpholine rings is 1. The van der Waals surface area contributed by atoms with Crippen molar-refractivity contribution in [2.24, 2.45) is 0 Å². The van der Waals surface area contributed by atoms with Gasteiger partial charge in [0.1, 0.15) is 17.6 Å². The van der Waals surface area contributed by atoms with E-state index < -0.39 is 12.0 Å². The molecule has 2 heterocycles. The standard InChI is InChI=1S/C24H32N4O5/c1-17(24(30)32-3)25-15-21(23(29)27-22-9-8-20(31-2)14-26-22)19-6-4-18(5-7-19)16-28-10-12-33-13-11-28/h4-9,14,17,21,25H,10-13,15-16H2,1-3H3,(H,26,27,29). The molecule has 1 aliphatic rings. The van der Waals surface area contributed by atoms with Crippen LogP contribution in [0.1, 0.15) is 24.0 Å². The van der Waals surface area contributed by atoms with Gasteiger partial charge in [0.05, 0.1) is 39.5 Å². The minimum absolute atomic E-state index is 0.224. The van der Waals surface area contributed by atoms with E-state index in [1.807, 2.05) is 24.3 Å². The summed E-state index contributed by atoms with van der Waals surface area (Å²) in [5.74, 6) is -0.104. The maximum Gasteiger partial charge on any atom is 0.322 e. The molecular formula is C24H32N4O5. The van der Waals surface area contributed by atoms with Crippen molar-refractivity contribution in [2.75, 3.05) is 52.4 Å². The van der Waals surface area contributed by atoms with Gasteiger partial charge in [0.2, 0.25) is 5.91 Å². The van der Waals surface area contributed by atoms with Gasteiger partial charge in [0, 0.05) is 26.2 Å². The van der Waals surface area contributed by atoms with Gasteiger partial charge in [-0.25, -0.2) is 4.98 Å². The van der Waals surface area contributed by atoms with Crippen LogP contribution in [0.15, 0.2) is 42.6 Å². The fraction of sp³-hybridized carbons (Fsp3) is 0.458. The number of nitrogens with one attached hydrogen (secondary N) is 2. The Morgan fingerprint density at radius 2 is 1.85 bits per heavy atom. The van der Waals surface area contributed by atoms with Gasteiger partial charge >= 0.3 is 5.97 Å². The highest BCUT2D eigenvalue weighted by Gasteiger charge is 2.24. The Morgan fingerprint density at radius 1 is 1.12 bits per heavy atom. The summed E-state index contributed by atoms with van der Waals surface area (Å²) in [6.45, 7) is 6.15. The maximum absolute atomic E-state index is 13.2. The molecule has 2 N–H and O–H groups in total. The highest BCUT2D eigenvalue weighted by Crippen LogP contribution is 2.20. The monoisotopic (exact) mass is 456 g/mol. The minimum Gasteiger partial charge on any atom is -0.495 e. The van der Waals surface area contributed by atoms with Crippen LogP contribution >= 0.6 is 0 Å². The first-order valence-electron chi connectivity index (χ1n) is 11.0. The number of carbonyl (C=O) groups excluding carboxylic acids is 2. The first-order valence-corrected chi connectivity index (χ1v) is 11.0. The average molecular weight is 457 g/mol. The molecule has 0 bridgehead atoms. The average Bonchev–Trinajstić information content (AvgIpc) is 2.85. The molecule has 0 radical (unpaired) electrons. The number of hydrogen-bond acceptors (Lipinski definition) is 8. The van der Waals surface area contributed by atoms with Crippen molar-refractivity contribution < 1.29 is 23.8 Å². The van der Waals surface area contributed by atoms with E-state index in [4.69, 9.17) is 14.2 Å². The number of hydrogen-bond donors (Lipinski definition) is 2. The van der Waals surface area contributed by atoms with Crippen LogP contribution in [-0.4, -0.2) is 74.9 Å². The normalized spacial score (nSPS) is 16.0. The number of benzene rings is 1. The van der Waals surface area contributed by atoms with Gasteiger partial charge in [0.25, 0.3) is 0 Å². The molecule has 0 spiro atoms. The number of pyridine rings is 1. The Bertz CT molecular complexity index is 898. The number of anilines is 1. The quantitative estimate of drug-likeness (QED) is 0.522. The van der Waals surface area contributed by atoms with E-state index in [0.717, 1.165) is 38.4 Å². The third kappa shape index (κ3) is 7.24. The van der Waals surface area contributed by atoms with Gasteiger partial charge in [-0.1, -0.05) is 24.3 Å². The molecule has 33 heavy (non-hydrogen) atoms. The number of aromatic nitrogens is 1. The summed E-state index contributed by atoms with van der Waals surface area (Å²) in [4.78, 5) is 31.5. The Hall–Kier alpha value is -3.01. The highest BCUT2D eigenvalue weighted by atomic mass is 16.5. The van der Waals surface area contributed by atoms with Crippen LogP contribution in [0.3, 0.4) is 0 Å². The lowest BCUT2D eigenvalue weighted by atomic mass is 9.96. The summed E-state index contributed by atoms with van der Waals surface area (Å²) in [5.41, 5.74) is 2.02. The fourth-order valence-corrected chi connectivity index (χ4v) is 3.58. The molecule has 3 rings (SSSR count). The lowest BCUT2D eigenvalue weighted by Crippen LogP contribution is -2.40. The van der Waals surface area contributed by atoms with Gasteiger partial charge in [-0.05, 0) is 30.2 Å². The molecule has 2 aromatic rings. The van der Waals surface area contributed by atoms with Crippen molar-refractivity contribution in [3.63, 3.8) is 0 Å². The van der Waals surface area contributed by atoms with Crippen LogP contribution in [0.2, 0.25) is 0 Å². The summed E-state index contributed by atoms with van der Waals surface area (Å²) in [7, 11) is 2.90. The number of esters is 1. The number of carbonyl (C=O) groups is 2. The fourth-order valence-electron chi connectivity index (χ4n) is 3.58. The van der Waals surface area contributed by atoms with Crippen molar-refractivity contribution in [1.29, 1.82) is 0 Å². The number of amides is 1. The minimum atomic E-state index is -0.537. The molecule has 1 aliphatic heterocycles. The zero-order chi connectivity index (χ0) is 23.6. The van der Waals surface area contributed by atoms with Crippen LogP contribution in [0, 0.1) is 0 Å². The van der Waals surface area contributed by atoms with E-state index in [9.17, 15) is 9.59 Å². The van der Waals surface area contributed by atoms with Crippen LogP contribution in [0.25, 0.3) is 0 Å². The number of rotatable bonds is 10. The predicted octanol–water partition coefficient (Wildman–Crippen LogP) is 1.80. The van der Waals surface area contributed by atoms with Crippen molar-refractivity contribution in [3.8, 4) is 5.75 Å². The predicted molar refractivity (Wildman–Crippen MR) is 124 cm³/mol. The summed E-state index contributed by atoms with van der Waals surface area (Å²) in [6.07, 6.45) is 1.54. The van der Waals surface area contributed by atoms with Crippen LogP contribution < -0.4 is 15.4 Å². The second kappa shape index (κ2) is 12.3. The molecule has 1 amide bonds. The SMILES string of the molecule is COC(=O)C(C)NCC(C(=O)Nc1ccc(OC)cn1)c1ccc(CN2CCOCC2)cc1. The van der Waals surface area contributed by atoms with Crippen molar-refractivity contribution in [2.45, 2.75) is 25.4 Å². The second-order valence-electron chi connectivity index (χ2n) is 7.91. The van der Waals surface area contributed by atoms with Gasteiger partial charge in [-0.15, -0.1) is 0 Å². The number of ether oxygens (including phenoxy) is 3. The zero-order valence-electron chi connectivity index (χ0n) is 19.4. The van der Waals surface area contributed by atoms with Gasteiger partial charge in [0.15, 0.2) is 0 Å². The van der Waals surface area contributed by atoms with Crippen molar-refractivity contribution in [1.82, 2.24) is 15.2 Å². The molecule has 1 aromatic heterocycles. The van der Waals surface area contributed by atoms with E-state index in [1.165, 1.54) is 12.7 Å². The summed E-state index contributed by atoms with van der Waals surface area (Å²) < 4.78 is 15.3. The highest BCUT2D eigenvalue weighted by molar-refractivity contribution is 5.95. The largest absolute Gasteiger partial charge is 0.495 e.